The summed E-state index contributed by atoms with van der Waals surface area (Å²) < 4.78 is 5.68. The van der Waals surface area contributed by atoms with E-state index >= 15 is 0 Å². The fraction of sp³-hybridized carbons (Fsp3) is 0.625. The molecule has 0 spiro atoms. The topological polar surface area (TPSA) is 38.5 Å². The minimum Gasteiger partial charge on any atom is -0.493 e. The summed E-state index contributed by atoms with van der Waals surface area (Å²) >= 11 is 0. The minimum atomic E-state index is 0.418. The highest BCUT2D eigenvalue weighted by Crippen LogP contribution is 2.31. The van der Waals surface area contributed by atoms with Crippen molar-refractivity contribution in [2.75, 3.05) is 18.6 Å². The Balaban J connectivity index is 1.74. The molecule has 0 unspecified atom stereocenters. The Morgan fingerprint density at radius 2 is 2.00 bits per heavy atom. The van der Waals surface area contributed by atoms with Crippen molar-refractivity contribution < 1.29 is 4.74 Å². The number of nitrogens with zero attached hydrogens (tertiary/aromatic N) is 1. The molecule has 1 aliphatic carbocycles. The van der Waals surface area contributed by atoms with E-state index in [0.29, 0.717) is 12.1 Å². The van der Waals surface area contributed by atoms with Gasteiger partial charge in [0.1, 0.15) is 5.75 Å². The van der Waals surface area contributed by atoms with Gasteiger partial charge in [0.2, 0.25) is 0 Å². The molecule has 0 saturated heterocycles. The van der Waals surface area contributed by atoms with Gasteiger partial charge in [-0.05, 0) is 62.3 Å². The molecule has 1 fully saturated rings. The van der Waals surface area contributed by atoms with Crippen LogP contribution in [0.15, 0.2) is 18.2 Å². The third-order valence-corrected chi connectivity index (χ3v) is 4.59. The van der Waals surface area contributed by atoms with Crippen LogP contribution in [-0.4, -0.2) is 25.7 Å². The smallest absolute Gasteiger partial charge is 0.122 e. The van der Waals surface area contributed by atoms with Crippen LogP contribution in [-0.2, 0) is 6.42 Å². The van der Waals surface area contributed by atoms with Crippen LogP contribution >= 0.6 is 0 Å². The average molecular weight is 260 g/mol. The molecular formula is C16H24N2O. The van der Waals surface area contributed by atoms with E-state index in [1.807, 2.05) is 0 Å². The molecule has 0 radical (unpaired) electrons. The standard InChI is InChI=1S/C16H24N2O/c1-18(14-6-4-13(17)5-7-14)15-8-9-16-12(11-15)3-2-10-19-16/h8-9,11,13-14H,2-7,10,17H2,1H3. The van der Waals surface area contributed by atoms with Gasteiger partial charge in [0.15, 0.2) is 0 Å². The summed E-state index contributed by atoms with van der Waals surface area (Å²) in [6.07, 6.45) is 7.02. The van der Waals surface area contributed by atoms with Crippen LogP contribution in [0.3, 0.4) is 0 Å². The molecule has 0 bridgehead atoms. The Labute approximate surface area is 115 Å². The minimum absolute atomic E-state index is 0.418. The second kappa shape index (κ2) is 5.41. The highest BCUT2D eigenvalue weighted by atomic mass is 16.5. The maximum atomic E-state index is 5.99. The molecule has 0 amide bonds. The molecule has 1 heterocycles. The molecule has 19 heavy (non-hydrogen) atoms. The molecule has 3 nitrogen and oxygen atoms in total. The number of fused-ring (bicyclic) bond motifs is 1. The van der Waals surface area contributed by atoms with Crippen LogP contribution in [0.5, 0.6) is 5.75 Å². The number of aryl methyl sites for hydroxylation is 1. The summed E-state index contributed by atoms with van der Waals surface area (Å²) in [4.78, 5) is 2.43. The van der Waals surface area contributed by atoms with Gasteiger partial charge in [0.05, 0.1) is 6.61 Å². The van der Waals surface area contributed by atoms with Gasteiger partial charge in [-0.15, -0.1) is 0 Å². The normalized spacial score (nSPS) is 26.4. The van der Waals surface area contributed by atoms with Crippen molar-refractivity contribution >= 4 is 5.69 Å². The quantitative estimate of drug-likeness (QED) is 0.888. The van der Waals surface area contributed by atoms with Gasteiger partial charge in [-0.3, -0.25) is 0 Å². The summed E-state index contributed by atoms with van der Waals surface area (Å²) in [6.45, 7) is 0.864. The monoisotopic (exact) mass is 260 g/mol. The van der Waals surface area contributed by atoms with E-state index in [4.69, 9.17) is 10.5 Å². The highest BCUT2D eigenvalue weighted by molar-refractivity contribution is 5.54. The molecule has 1 aliphatic heterocycles. The Bertz CT molecular complexity index is 438. The Morgan fingerprint density at radius 1 is 1.21 bits per heavy atom. The van der Waals surface area contributed by atoms with Gasteiger partial charge in [0.25, 0.3) is 0 Å². The SMILES string of the molecule is CN(c1ccc2c(c1)CCCO2)C1CCC(N)CC1. The lowest BCUT2D eigenvalue weighted by Crippen LogP contribution is -2.38. The Kier molecular flexibility index (Phi) is 3.65. The molecule has 3 rings (SSSR count). The fourth-order valence-electron chi connectivity index (χ4n) is 3.27. The van der Waals surface area contributed by atoms with E-state index < -0.39 is 0 Å². The highest BCUT2D eigenvalue weighted by Gasteiger charge is 2.23. The van der Waals surface area contributed by atoms with E-state index in [-0.39, 0.29) is 0 Å². The van der Waals surface area contributed by atoms with E-state index in [9.17, 15) is 0 Å². The van der Waals surface area contributed by atoms with Crippen molar-refractivity contribution in [1.82, 2.24) is 0 Å². The maximum absolute atomic E-state index is 5.99. The Morgan fingerprint density at radius 3 is 2.79 bits per heavy atom. The predicted octanol–water partition coefficient (Wildman–Crippen LogP) is 2.72. The van der Waals surface area contributed by atoms with Crippen LogP contribution in [0, 0.1) is 0 Å². The first-order valence-corrected chi connectivity index (χ1v) is 7.48. The summed E-state index contributed by atoms with van der Waals surface area (Å²) in [6, 6.07) is 7.69. The number of rotatable bonds is 2. The summed E-state index contributed by atoms with van der Waals surface area (Å²) in [5.41, 5.74) is 8.68. The zero-order valence-corrected chi connectivity index (χ0v) is 11.8. The van der Waals surface area contributed by atoms with Gasteiger partial charge < -0.3 is 15.4 Å². The summed E-state index contributed by atoms with van der Waals surface area (Å²) in [5, 5.41) is 0. The number of hydrogen-bond donors (Lipinski definition) is 1. The molecular weight excluding hydrogens is 236 g/mol. The molecule has 2 N–H and O–H groups in total. The van der Waals surface area contributed by atoms with Gasteiger partial charge in [-0.2, -0.15) is 0 Å². The number of anilines is 1. The molecule has 3 heteroatoms. The predicted molar refractivity (Wildman–Crippen MR) is 78.9 cm³/mol. The molecule has 2 aliphatic rings. The molecule has 0 atom stereocenters. The largest absolute Gasteiger partial charge is 0.493 e. The van der Waals surface area contributed by atoms with Crippen LogP contribution in [0.25, 0.3) is 0 Å². The van der Waals surface area contributed by atoms with Gasteiger partial charge >= 0.3 is 0 Å². The van der Waals surface area contributed by atoms with Crippen LogP contribution in [0.1, 0.15) is 37.7 Å². The number of nitrogens with two attached hydrogens (primary N) is 1. The van der Waals surface area contributed by atoms with E-state index in [0.717, 1.165) is 38.0 Å². The first kappa shape index (κ1) is 12.8. The third-order valence-electron chi connectivity index (χ3n) is 4.59. The number of benzene rings is 1. The van der Waals surface area contributed by atoms with Gasteiger partial charge in [-0.25, -0.2) is 0 Å². The van der Waals surface area contributed by atoms with Crippen LogP contribution in [0.4, 0.5) is 5.69 Å². The fourth-order valence-corrected chi connectivity index (χ4v) is 3.27. The lowest BCUT2D eigenvalue weighted by Gasteiger charge is -2.35. The maximum Gasteiger partial charge on any atom is 0.122 e. The summed E-state index contributed by atoms with van der Waals surface area (Å²) in [7, 11) is 2.22. The summed E-state index contributed by atoms with van der Waals surface area (Å²) in [5.74, 6) is 1.08. The van der Waals surface area contributed by atoms with Crippen molar-refractivity contribution in [1.29, 1.82) is 0 Å². The molecule has 1 aromatic carbocycles. The molecule has 0 aromatic heterocycles. The zero-order chi connectivity index (χ0) is 13.2. The molecule has 104 valence electrons. The van der Waals surface area contributed by atoms with Crippen molar-refractivity contribution in [2.24, 2.45) is 5.73 Å². The first-order chi connectivity index (χ1) is 9.24. The van der Waals surface area contributed by atoms with Gasteiger partial charge in [0, 0.05) is 24.8 Å². The van der Waals surface area contributed by atoms with Crippen molar-refractivity contribution in [3.8, 4) is 5.75 Å². The van der Waals surface area contributed by atoms with Crippen molar-refractivity contribution in [3.63, 3.8) is 0 Å². The first-order valence-electron chi connectivity index (χ1n) is 7.48. The number of hydrogen-bond acceptors (Lipinski definition) is 3. The lowest BCUT2D eigenvalue weighted by molar-refractivity contribution is 0.288. The van der Waals surface area contributed by atoms with Crippen molar-refractivity contribution in [3.05, 3.63) is 23.8 Å². The van der Waals surface area contributed by atoms with E-state index in [1.54, 1.807) is 0 Å². The van der Waals surface area contributed by atoms with E-state index in [2.05, 4.69) is 30.1 Å². The second-order valence-electron chi connectivity index (χ2n) is 5.92. The van der Waals surface area contributed by atoms with Crippen LogP contribution < -0.4 is 15.4 Å². The average Bonchev–Trinajstić information content (AvgIpc) is 2.47. The van der Waals surface area contributed by atoms with Crippen molar-refractivity contribution in [2.45, 2.75) is 50.6 Å². The molecule has 1 saturated carbocycles. The van der Waals surface area contributed by atoms with Crippen LogP contribution in [0.2, 0.25) is 0 Å². The second-order valence-corrected chi connectivity index (χ2v) is 5.92. The van der Waals surface area contributed by atoms with E-state index in [1.165, 1.54) is 24.1 Å². The van der Waals surface area contributed by atoms with Gasteiger partial charge in [-0.1, -0.05) is 0 Å². The molecule has 1 aromatic rings. The Hall–Kier alpha value is -1.22. The zero-order valence-electron chi connectivity index (χ0n) is 11.8. The third kappa shape index (κ3) is 2.71. The lowest BCUT2D eigenvalue weighted by atomic mass is 9.90. The number of ether oxygens (including phenoxy) is 1.